The Bertz CT molecular complexity index is 375. The first kappa shape index (κ1) is 8.62. The van der Waals surface area contributed by atoms with Gasteiger partial charge in [-0.05, 0) is 19.1 Å². The van der Waals surface area contributed by atoms with Crippen LogP contribution >= 0.6 is 0 Å². The third-order valence-corrected chi connectivity index (χ3v) is 1.90. The Balaban J connectivity index is 2.40. The first-order chi connectivity index (χ1) is 6.75. The molecule has 2 rings (SSSR count). The molecule has 0 aromatic carbocycles. The molecule has 2 heterocycles. The summed E-state index contributed by atoms with van der Waals surface area (Å²) in [5, 5.41) is 0. The summed E-state index contributed by atoms with van der Waals surface area (Å²) in [7, 11) is 0. The maximum atomic E-state index is 5.49. The molecule has 0 amide bonds. The largest absolute Gasteiger partial charge is 0.384 e. The number of hydrogen-bond acceptors (Lipinski definition) is 4. The molecular formula is C10H10N4. The highest BCUT2D eigenvalue weighted by molar-refractivity contribution is 5.61. The molecule has 0 saturated carbocycles. The van der Waals surface area contributed by atoms with E-state index in [1.165, 1.54) is 0 Å². The first-order valence-electron chi connectivity index (χ1n) is 4.26. The summed E-state index contributed by atoms with van der Waals surface area (Å²) in [4.78, 5) is 12.2. The SMILES string of the molecule is Cc1ncc(-c2ccc(N)nc2)cn1. The van der Waals surface area contributed by atoms with E-state index in [4.69, 9.17) is 5.73 Å². The van der Waals surface area contributed by atoms with E-state index in [-0.39, 0.29) is 0 Å². The van der Waals surface area contributed by atoms with E-state index in [0.717, 1.165) is 17.0 Å². The van der Waals surface area contributed by atoms with Gasteiger partial charge in [0.15, 0.2) is 0 Å². The Morgan fingerprint density at radius 2 is 1.57 bits per heavy atom. The van der Waals surface area contributed by atoms with Gasteiger partial charge in [-0.3, -0.25) is 0 Å². The predicted molar refractivity (Wildman–Crippen MR) is 54.4 cm³/mol. The van der Waals surface area contributed by atoms with Crippen molar-refractivity contribution in [1.29, 1.82) is 0 Å². The van der Waals surface area contributed by atoms with Gasteiger partial charge in [-0.25, -0.2) is 15.0 Å². The number of aromatic nitrogens is 3. The molecule has 4 heteroatoms. The molecule has 0 atom stereocenters. The molecule has 0 aliphatic rings. The van der Waals surface area contributed by atoms with Crippen LogP contribution in [0.2, 0.25) is 0 Å². The van der Waals surface area contributed by atoms with E-state index in [1.54, 1.807) is 24.7 Å². The van der Waals surface area contributed by atoms with Gasteiger partial charge in [0.25, 0.3) is 0 Å². The number of nitrogen functional groups attached to an aromatic ring is 1. The molecule has 0 saturated heterocycles. The molecule has 70 valence electrons. The quantitative estimate of drug-likeness (QED) is 0.731. The molecule has 0 bridgehead atoms. The molecule has 2 aromatic rings. The minimum Gasteiger partial charge on any atom is -0.384 e. The lowest BCUT2D eigenvalue weighted by Crippen LogP contribution is -1.91. The van der Waals surface area contributed by atoms with Crippen LogP contribution in [0.5, 0.6) is 0 Å². The van der Waals surface area contributed by atoms with Crippen molar-refractivity contribution in [2.24, 2.45) is 0 Å². The van der Waals surface area contributed by atoms with Crippen LogP contribution in [0.4, 0.5) is 5.82 Å². The number of pyridine rings is 1. The summed E-state index contributed by atoms with van der Waals surface area (Å²) < 4.78 is 0. The summed E-state index contributed by atoms with van der Waals surface area (Å²) in [6, 6.07) is 3.66. The monoisotopic (exact) mass is 186 g/mol. The second-order valence-electron chi connectivity index (χ2n) is 2.99. The number of nitrogens with zero attached hydrogens (tertiary/aromatic N) is 3. The Labute approximate surface area is 81.9 Å². The smallest absolute Gasteiger partial charge is 0.125 e. The van der Waals surface area contributed by atoms with Crippen molar-refractivity contribution in [3.63, 3.8) is 0 Å². The van der Waals surface area contributed by atoms with Gasteiger partial charge >= 0.3 is 0 Å². The Morgan fingerprint density at radius 3 is 2.14 bits per heavy atom. The van der Waals surface area contributed by atoms with Gasteiger partial charge in [-0.15, -0.1) is 0 Å². The Hall–Kier alpha value is -1.97. The highest BCUT2D eigenvalue weighted by Crippen LogP contribution is 2.16. The molecule has 0 unspecified atom stereocenters. The van der Waals surface area contributed by atoms with Crippen LogP contribution in [0.1, 0.15) is 5.82 Å². The summed E-state index contributed by atoms with van der Waals surface area (Å²) in [5.41, 5.74) is 7.41. The highest BCUT2D eigenvalue weighted by Gasteiger charge is 1.98. The zero-order chi connectivity index (χ0) is 9.97. The molecule has 0 aliphatic carbocycles. The summed E-state index contributed by atoms with van der Waals surface area (Å²) in [6.45, 7) is 1.85. The van der Waals surface area contributed by atoms with Crippen LogP contribution in [0.25, 0.3) is 11.1 Å². The zero-order valence-corrected chi connectivity index (χ0v) is 7.81. The van der Waals surface area contributed by atoms with E-state index in [1.807, 2.05) is 13.0 Å². The fraction of sp³-hybridized carbons (Fsp3) is 0.100. The first-order valence-corrected chi connectivity index (χ1v) is 4.26. The molecule has 0 fully saturated rings. The number of rotatable bonds is 1. The van der Waals surface area contributed by atoms with Gasteiger partial charge in [-0.1, -0.05) is 0 Å². The van der Waals surface area contributed by atoms with Crippen molar-refractivity contribution >= 4 is 5.82 Å². The van der Waals surface area contributed by atoms with Crippen molar-refractivity contribution in [3.05, 3.63) is 36.5 Å². The van der Waals surface area contributed by atoms with Crippen molar-refractivity contribution in [1.82, 2.24) is 15.0 Å². The minimum atomic E-state index is 0.516. The average Bonchev–Trinajstić information content (AvgIpc) is 2.21. The molecule has 14 heavy (non-hydrogen) atoms. The minimum absolute atomic E-state index is 0.516. The van der Waals surface area contributed by atoms with Crippen LogP contribution in [0.15, 0.2) is 30.7 Å². The third kappa shape index (κ3) is 1.69. The molecular weight excluding hydrogens is 176 g/mol. The lowest BCUT2D eigenvalue weighted by atomic mass is 10.1. The fourth-order valence-electron chi connectivity index (χ4n) is 1.12. The normalized spacial score (nSPS) is 10.1. The van der Waals surface area contributed by atoms with Crippen molar-refractivity contribution in [2.75, 3.05) is 5.73 Å². The molecule has 2 N–H and O–H groups in total. The summed E-state index contributed by atoms with van der Waals surface area (Å²) >= 11 is 0. The lowest BCUT2D eigenvalue weighted by molar-refractivity contribution is 1.05. The van der Waals surface area contributed by atoms with Gasteiger partial charge in [0.05, 0.1) is 0 Å². The van der Waals surface area contributed by atoms with Crippen molar-refractivity contribution in [3.8, 4) is 11.1 Å². The Kier molecular flexibility index (Phi) is 2.10. The standard InChI is InChI=1S/C10H10N4/c1-7-12-5-9(6-13-7)8-2-3-10(11)14-4-8/h2-6H,1H3,(H2,11,14). The average molecular weight is 186 g/mol. The summed E-state index contributed by atoms with van der Waals surface area (Å²) in [6.07, 6.45) is 5.26. The van der Waals surface area contributed by atoms with Crippen LogP contribution in [-0.2, 0) is 0 Å². The van der Waals surface area contributed by atoms with E-state index in [2.05, 4.69) is 15.0 Å². The number of nitrogens with two attached hydrogens (primary N) is 1. The maximum absolute atomic E-state index is 5.49. The van der Waals surface area contributed by atoms with Gasteiger partial charge in [0.2, 0.25) is 0 Å². The van der Waals surface area contributed by atoms with E-state index >= 15 is 0 Å². The van der Waals surface area contributed by atoms with Crippen molar-refractivity contribution in [2.45, 2.75) is 6.92 Å². The number of anilines is 1. The van der Waals surface area contributed by atoms with Gasteiger partial charge < -0.3 is 5.73 Å². The predicted octanol–water partition coefficient (Wildman–Crippen LogP) is 1.43. The van der Waals surface area contributed by atoms with Crippen LogP contribution in [0.3, 0.4) is 0 Å². The molecule has 4 nitrogen and oxygen atoms in total. The van der Waals surface area contributed by atoms with Gasteiger partial charge in [-0.2, -0.15) is 0 Å². The van der Waals surface area contributed by atoms with Gasteiger partial charge in [0.1, 0.15) is 11.6 Å². The molecule has 0 aliphatic heterocycles. The number of aryl methyl sites for hydroxylation is 1. The maximum Gasteiger partial charge on any atom is 0.125 e. The molecule has 0 spiro atoms. The third-order valence-electron chi connectivity index (χ3n) is 1.90. The van der Waals surface area contributed by atoms with E-state index in [0.29, 0.717) is 5.82 Å². The fourth-order valence-corrected chi connectivity index (χ4v) is 1.12. The molecule has 2 aromatic heterocycles. The highest BCUT2D eigenvalue weighted by atomic mass is 14.8. The Morgan fingerprint density at radius 1 is 0.929 bits per heavy atom. The lowest BCUT2D eigenvalue weighted by Gasteiger charge is -2.00. The van der Waals surface area contributed by atoms with Gasteiger partial charge in [0, 0.05) is 29.7 Å². The van der Waals surface area contributed by atoms with Crippen LogP contribution < -0.4 is 5.73 Å². The topological polar surface area (TPSA) is 64.7 Å². The zero-order valence-electron chi connectivity index (χ0n) is 7.81. The number of hydrogen-bond donors (Lipinski definition) is 1. The second-order valence-corrected chi connectivity index (χ2v) is 2.99. The van der Waals surface area contributed by atoms with E-state index in [9.17, 15) is 0 Å². The van der Waals surface area contributed by atoms with Crippen molar-refractivity contribution < 1.29 is 0 Å². The molecule has 0 radical (unpaired) electrons. The van der Waals surface area contributed by atoms with Crippen LogP contribution in [-0.4, -0.2) is 15.0 Å². The summed E-state index contributed by atoms with van der Waals surface area (Å²) in [5.74, 6) is 1.28. The van der Waals surface area contributed by atoms with E-state index < -0.39 is 0 Å². The second kappa shape index (κ2) is 3.41. The van der Waals surface area contributed by atoms with Crippen LogP contribution in [0, 0.1) is 6.92 Å².